The van der Waals surface area contributed by atoms with Crippen molar-refractivity contribution in [1.29, 1.82) is 0 Å². The molecule has 1 unspecified atom stereocenters. The Labute approximate surface area is 88.1 Å². The minimum absolute atomic E-state index is 0.163. The molecular formula is C11H14FNS. The third-order valence-electron chi connectivity index (χ3n) is 2.49. The van der Waals surface area contributed by atoms with Gasteiger partial charge in [0, 0.05) is 17.5 Å². The molecule has 0 bridgehead atoms. The molecule has 14 heavy (non-hydrogen) atoms. The molecule has 1 aromatic rings. The lowest BCUT2D eigenvalue weighted by Gasteiger charge is -2.14. The molecule has 76 valence electrons. The maximum atomic E-state index is 13.0. The Morgan fingerprint density at radius 2 is 2.36 bits per heavy atom. The first-order valence-electron chi connectivity index (χ1n) is 4.86. The first-order valence-corrected chi connectivity index (χ1v) is 6.01. The second kappa shape index (κ2) is 4.22. The molecule has 0 aromatic heterocycles. The van der Waals surface area contributed by atoms with Gasteiger partial charge in [0.2, 0.25) is 0 Å². The lowest BCUT2D eigenvalue weighted by Crippen LogP contribution is -2.18. The predicted molar refractivity (Wildman–Crippen MR) is 60.5 cm³/mol. The average Bonchev–Trinajstić information content (AvgIpc) is 2.64. The van der Waals surface area contributed by atoms with E-state index in [9.17, 15) is 4.39 Å². The van der Waals surface area contributed by atoms with E-state index < -0.39 is 0 Å². The molecular weight excluding hydrogens is 197 g/mol. The van der Waals surface area contributed by atoms with Crippen molar-refractivity contribution in [2.45, 2.75) is 19.4 Å². The number of nitrogens with one attached hydrogen (secondary N) is 1. The first kappa shape index (κ1) is 9.84. The number of benzene rings is 1. The van der Waals surface area contributed by atoms with Crippen LogP contribution in [-0.4, -0.2) is 17.5 Å². The van der Waals surface area contributed by atoms with Gasteiger partial charge in [-0.15, -0.1) is 0 Å². The number of anilines is 1. The van der Waals surface area contributed by atoms with Crippen molar-refractivity contribution in [2.24, 2.45) is 0 Å². The van der Waals surface area contributed by atoms with Gasteiger partial charge >= 0.3 is 0 Å². The Bertz CT molecular complexity index is 321. The van der Waals surface area contributed by atoms with Gasteiger partial charge in [-0.05, 0) is 36.8 Å². The highest BCUT2D eigenvalue weighted by Gasteiger charge is 2.15. The standard InChI is InChI=1S/C11H14FNS/c1-8-2-3-9(12)6-11(8)13-10-4-5-14-7-10/h2-3,6,10,13H,4-5,7H2,1H3. The van der Waals surface area contributed by atoms with Crippen LogP contribution in [-0.2, 0) is 0 Å². The van der Waals surface area contributed by atoms with Crippen LogP contribution in [0.4, 0.5) is 10.1 Å². The van der Waals surface area contributed by atoms with Gasteiger partial charge in [0.25, 0.3) is 0 Å². The van der Waals surface area contributed by atoms with Crippen molar-refractivity contribution >= 4 is 17.4 Å². The summed E-state index contributed by atoms with van der Waals surface area (Å²) in [5.74, 6) is 2.19. The number of hydrogen-bond acceptors (Lipinski definition) is 2. The van der Waals surface area contributed by atoms with Crippen LogP contribution in [0.2, 0.25) is 0 Å². The molecule has 1 aliphatic heterocycles. The number of rotatable bonds is 2. The summed E-state index contributed by atoms with van der Waals surface area (Å²) in [5.41, 5.74) is 2.06. The maximum absolute atomic E-state index is 13.0. The minimum Gasteiger partial charge on any atom is -0.381 e. The van der Waals surface area contributed by atoms with Crippen LogP contribution in [0.3, 0.4) is 0 Å². The van der Waals surface area contributed by atoms with Gasteiger partial charge in [-0.25, -0.2) is 4.39 Å². The molecule has 1 fully saturated rings. The molecule has 1 N–H and O–H groups in total. The van der Waals surface area contributed by atoms with E-state index in [1.165, 1.54) is 18.2 Å². The number of hydrogen-bond donors (Lipinski definition) is 1. The van der Waals surface area contributed by atoms with E-state index in [0.29, 0.717) is 6.04 Å². The van der Waals surface area contributed by atoms with Gasteiger partial charge in [0.05, 0.1) is 0 Å². The fourth-order valence-corrected chi connectivity index (χ4v) is 2.77. The van der Waals surface area contributed by atoms with Crippen LogP contribution in [0.25, 0.3) is 0 Å². The van der Waals surface area contributed by atoms with Crippen LogP contribution < -0.4 is 5.32 Å². The van der Waals surface area contributed by atoms with Crippen molar-refractivity contribution in [3.63, 3.8) is 0 Å². The Hall–Kier alpha value is -0.700. The van der Waals surface area contributed by atoms with Crippen LogP contribution in [0.15, 0.2) is 18.2 Å². The van der Waals surface area contributed by atoms with Crippen LogP contribution in [0.1, 0.15) is 12.0 Å². The van der Waals surface area contributed by atoms with Crippen LogP contribution in [0, 0.1) is 12.7 Å². The van der Waals surface area contributed by atoms with Crippen molar-refractivity contribution in [1.82, 2.24) is 0 Å². The van der Waals surface area contributed by atoms with E-state index >= 15 is 0 Å². The first-order chi connectivity index (χ1) is 6.75. The fraction of sp³-hybridized carbons (Fsp3) is 0.455. The molecule has 1 aromatic carbocycles. The van der Waals surface area contributed by atoms with E-state index in [1.807, 2.05) is 24.8 Å². The van der Waals surface area contributed by atoms with E-state index in [0.717, 1.165) is 17.0 Å². The summed E-state index contributed by atoms with van der Waals surface area (Å²) in [6.07, 6.45) is 1.18. The van der Waals surface area contributed by atoms with E-state index in [1.54, 1.807) is 6.07 Å². The smallest absolute Gasteiger partial charge is 0.125 e. The van der Waals surface area contributed by atoms with Crippen molar-refractivity contribution in [3.8, 4) is 0 Å². The Kier molecular flexibility index (Phi) is 2.96. The summed E-state index contributed by atoms with van der Waals surface area (Å²) in [4.78, 5) is 0. The Morgan fingerprint density at radius 3 is 3.07 bits per heavy atom. The third-order valence-corrected chi connectivity index (χ3v) is 3.65. The van der Waals surface area contributed by atoms with E-state index in [4.69, 9.17) is 0 Å². The van der Waals surface area contributed by atoms with Gasteiger partial charge in [-0.2, -0.15) is 11.8 Å². The molecule has 0 aliphatic carbocycles. The van der Waals surface area contributed by atoms with Crippen LogP contribution in [0.5, 0.6) is 0 Å². The Morgan fingerprint density at radius 1 is 1.50 bits per heavy atom. The molecule has 2 rings (SSSR count). The lowest BCUT2D eigenvalue weighted by molar-refractivity contribution is 0.627. The van der Waals surface area contributed by atoms with Gasteiger partial charge in [-0.1, -0.05) is 6.07 Å². The third kappa shape index (κ3) is 2.21. The molecule has 1 saturated heterocycles. The molecule has 0 radical (unpaired) electrons. The maximum Gasteiger partial charge on any atom is 0.125 e. The SMILES string of the molecule is Cc1ccc(F)cc1NC1CCSC1. The molecule has 0 spiro atoms. The summed E-state index contributed by atoms with van der Waals surface area (Å²) in [5, 5.41) is 3.39. The number of aryl methyl sites for hydroxylation is 1. The van der Waals surface area contributed by atoms with E-state index in [2.05, 4.69) is 5.32 Å². The second-order valence-electron chi connectivity index (χ2n) is 3.66. The summed E-state index contributed by atoms with van der Waals surface area (Å²) in [7, 11) is 0. The monoisotopic (exact) mass is 211 g/mol. The van der Waals surface area contributed by atoms with Gasteiger partial charge in [0.15, 0.2) is 0 Å². The summed E-state index contributed by atoms with van der Waals surface area (Å²) in [6, 6.07) is 5.42. The lowest BCUT2D eigenvalue weighted by atomic mass is 10.1. The highest BCUT2D eigenvalue weighted by Crippen LogP contribution is 2.23. The number of halogens is 1. The van der Waals surface area contributed by atoms with Crippen molar-refractivity contribution in [3.05, 3.63) is 29.6 Å². The quantitative estimate of drug-likeness (QED) is 0.807. The molecule has 0 saturated carbocycles. The van der Waals surface area contributed by atoms with Gasteiger partial charge < -0.3 is 5.32 Å². The summed E-state index contributed by atoms with van der Waals surface area (Å²) < 4.78 is 13.0. The van der Waals surface area contributed by atoms with E-state index in [-0.39, 0.29) is 5.82 Å². The highest BCUT2D eigenvalue weighted by atomic mass is 32.2. The predicted octanol–water partition coefficient (Wildman–Crippen LogP) is 3.05. The molecule has 3 heteroatoms. The zero-order valence-corrected chi connectivity index (χ0v) is 9.03. The normalized spacial score (nSPS) is 21.1. The molecule has 1 nitrogen and oxygen atoms in total. The number of thioether (sulfide) groups is 1. The largest absolute Gasteiger partial charge is 0.381 e. The fourth-order valence-electron chi connectivity index (χ4n) is 1.62. The highest BCUT2D eigenvalue weighted by molar-refractivity contribution is 7.99. The zero-order valence-electron chi connectivity index (χ0n) is 8.22. The minimum atomic E-state index is -0.163. The molecule has 1 aliphatic rings. The van der Waals surface area contributed by atoms with Gasteiger partial charge in [0.1, 0.15) is 5.82 Å². The van der Waals surface area contributed by atoms with Crippen molar-refractivity contribution in [2.75, 3.05) is 16.8 Å². The van der Waals surface area contributed by atoms with Crippen LogP contribution >= 0.6 is 11.8 Å². The zero-order chi connectivity index (χ0) is 9.97. The summed E-state index contributed by atoms with van der Waals surface area (Å²) >= 11 is 1.96. The molecule has 1 atom stereocenters. The van der Waals surface area contributed by atoms with Gasteiger partial charge in [-0.3, -0.25) is 0 Å². The Balaban J connectivity index is 2.10. The molecule has 1 heterocycles. The topological polar surface area (TPSA) is 12.0 Å². The average molecular weight is 211 g/mol. The van der Waals surface area contributed by atoms with Crippen molar-refractivity contribution < 1.29 is 4.39 Å². The second-order valence-corrected chi connectivity index (χ2v) is 4.81. The molecule has 0 amide bonds. The summed E-state index contributed by atoms with van der Waals surface area (Å²) in [6.45, 7) is 2.00.